The van der Waals surface area contributed by atoms with Gasteiger partial charge in [0.1, 0.15) is 0 Å². The molecule has 0 rings (SSSR count). The third kappa shape index (κ3) is 3.84. The van der Waals surface area contributed by atoms with Gasteiger partial charge in [-0.1, -0.05) is 0 Å². The van der Waals surface area contributed by atoms with Gasteiger partial charge in [-0.3, -0.25) is 0 Å². The second-order valence-corrected chi connectivity index (χ2v) is 0.801. The molecular weight excluding hydrogens is 82.0 g/mol. The lowest BCUT2D eigenvalue weighted by molar-refractivity contribution is 0.0431. The standard InChI is InChI=1S/C2H9N3O/c3-1-2-5-6-4/h5H,1-4H2. The summed E-state index contributed by atoms with van der Waals surface area (Å²) in [6, 6.07) is 0. The van der Waals surface area contributed by atoms with Crippen LogP contribution in [-0.4, -0.2) is 13.1 Å². The highest BCUT2D eigenvalue weighted by molar-refractivity contribution is 4.29. The zero-order valence-corrected chi connectivity index (χ0v) is 3.48. The normalized spacial score (nSPS) is 9.00. The molecule has 6 heavy (non-hydrogen) atoms. The molecule has 0 aliphatic rings. The quantitative estimate of drug-likeness (QED) is 0.287. The third-order valence-electron chi connectivity index (χ3n) is 0.330. The predicted molar refractivity (Wildman–Crippen MR) is 22.3 cm³/mol. The van der Waals surface area contributed by atoms with Gasteiger partial charge in [0.25, 0.3) is 0 Å². The molecule has 38 valence electrons. The Labute approximate surface area is 36.4 Å². The van der Waals surface area contributed by atoms with Crippen LogP contribution in [0.15, 0.2) is 0 Å². The van der Waals surface area contributed by atoms with Crippen molar-refractivity contribution in [1.29, 1.82) is 0 Å². The lowest BCUT2D eigenvalue weighted by atomic mass is 10.7. The number of nitrogens with two attached hydrogens (primary N) is 2. The smallest absolute Gasteiger partial charge is 0.0351 e. The number of nitrogens with one attached hydrogen (secondary N) is 1. The molecule has 4 heteroatoms. The minimum absolute atomic E-state index is 0.539. The molecule has 0 aromatic heterocycles. The van der Waals surface area contributed by atoms with Crippen molar-refractivity contribution in [3.8, 4) is 0 Å². The van der Waals surface area contributed by atoms with E-state index in [1.165, 1.54) is 0 Å². The zero-order valence-electron chi connectivity index (χ0n) is 3.48. The summed E-state index contributed by atoms with van der Waals surface area (Å²) in [5.41, 5.74) is 7.37. The molecule has 0 fully saturated rings. The molecule has 0 heterocycles. The fourth-order valence-corrected chi connectivity index (χ4v) is 0.118. The number of hydrogen-bond donors (Lipinski definition) is 3. The van der Waals surface area contributed by atoms with E-state index in [2.05, 4.69) is 16.3 Å². The first-order valence-electron chi connectivity index (χ1n) is 1.70. The summed E-state index contributed by atoms with van der Waals surface area (Å²) in [6.07, 6.45) is 0. The van der Waals surface area contributed by atoms with Crippen molar-refractivity contribution in [2.24, 2.45) is 11.6 Å². The first kappa shape index (κ1) is 5.84. The van der Waals surface area contributed by atoms with Crippen LogP contribution in [0.4, 0.5) is 0 Å². The summed E-state index contributed by atoms with van der Waals surface area (Å²) in [6.45, 7) is 1.13. The van der Waals surface area contributed by atoms with E-state index in [4.69, 9.17) is 5.73 Å². The van der Waals surface area contributed by atoms with E-state index < -0.39 is 0 Å². The molecule has 0 amide bonds. The minimum atomic E-state index is 0.539. The first-order chi connectivity index (χ1) is 2.91. The molecule has 0 aliphatic carbocycles. The van der Waals surface area contributed by atoms with E-state index in [9.17, 15) is 0 Å². The van der Waals surface area contributed by atoms with Gasteiger partial charge in [-0.15, -0.1) is 0 Å². The topological polar surface area (TPSA) is 73.3 Å². The Morgan fingerprint density at radius 1 is 1.67 bits per heavy atom. The van der Waals surface area contributed by atoms with E-state index in [0.29, 0.717) is 13.1 Å². The molecule has 4 nitrogen and oxygen atoms in total. The van der Waals surface area contributed by atoms with Crippen LogP contribution in [0.5, 0.6) is 0 Å². The Bertz CT molecular complexity index is 20.8. The predicted octanol–water partition coefficient (Wildman–Crippen LogP) is -1.66. The molecular formula is C2H9N3O. The molecule has 0 unspecified atom stereocenters. The van der Waals surface area contributed by atoms with E-state index >= 15 is 0 Å². The van der Waals surface area contributed by atoms with Crippen molar-refractivity contribution in [1.82, 2.24) is 5.48 Å². The molecule has 0 aromatic carbocycles. The van der Waals surface area contributed by atoms with Crippen LogP contribution >= 0.6 is 0 Å². The van der Waals surface area contributed by atoms with Gasteiger partial charge in [0.2, 0.25) is 0 Å². The van der Waals surface area contributed by atoms with Crippen LogP contribution in [0.25, 0.3) is 0 Å². The van der Waals surface area contributed by atoms with Gasteiger partial charge >= 0.3 is 0 Å². The molecule has 0 aromatic rings. The average molecular weight is 91.1 g/mol. The van der Waals surface area contributed by atoms with Crippen LogP contribution in [-0.2, 0) is 4.94 Å². The monoisotopic (exact) mass is 91.1 g/mol. The second kappa shape index (κ2) is 4.84. The van der Waals surface area contributed by atoms with Gasteiger partial charge in [0.05, 0.1) is 0 Å². The molecule has 5 N–H and O–H groups in total. The van der Waals surface area contributed by atoms with Crippen LogP contribution in [0, 0.1) is 0 Å². The molecule has 0 bridgehead atoms. The summed E-state index contributed by atoms with van der Waals surface area (Å²) in [4.78, 5) is 3.95. The highest BCUT2D eigenvalue weighted by atomic mass is 16.8. The average Bonchev–Trinajstić information content (AvgIpc) is 1.61. The molecule has 0 atom stereocenters. The summed E-state index contributed by atoms with van der Waals surface area (Å²) in [5.74, 6) is 4.55. The van der Waals surface area contributed by atoms with Crippen LogP contribution in [0.2, 0.25) is 0 Å². The Morgan fingerprint density at radius 2 is 2.33 bits per heavy atom. The Balaban J connectivity index is 2.34. The van der Waals surface area contributed by atoms with E-state index in [1.54, 1.807) is 0 Å². The van der Waals surface area contributed by atoms with Crippen molar-refractivity contribution >= 4 is 0 Å². The fourth-order valence-electron chi connectivity index (χ4n) is 0.118. The summed E-state index contributed by atoms with van der Waals surface area (Å²) >= 11 is 0. The SMILES string of the molecule is NCCNON. The maximum atomic E-state index is 5.02. The molecule has 0 radical (unpaired) electrons. The van der Waals surface area contributed by atoms with Crippen molar-refractivity contribution in [2.45, 2.75) is 0 Å². The minimum Gasteiger partial charge on any atom is -0.329 e. The summed E-state index contributed by atoms with van der Waals surface area (Å²) in [5, 5.41) is 0. The number of rotatable bonds is 3. The zero-order chi connectivity index (χ0) is 4.83. The Hall–Kier alpha value is -0.160. The molecule has 0 spiro atoms. The maximum Gasteiger partial charge on any atom is 0.0351 e. The largest absolute Gasteiger partial charge is 0.329 e. The van der Waals surface area contributed by atoms with Gasteiger partial charge in [-0.05, 0) is 0 Å². The number of hydroxylamine groups is 1. The van der Waals surface area contributed by atoms with Crippen molar-refractivity contribution in [3.05, 3.63) is 0 Å². The van der Waals surface area contributed by atoms with Crippen molar-refractivity contribution in [3.63, 3.8) is 0 Å². The van der Waals surface area contributed by atoms with Gasteiger partial charge in [-0.25, -0.2) is 4.94 Å². The van der Waals surface area contributed by atoms with Crippen molar-refractivity contribution in [2.75, 3.05) is 13.1 Å². The lowest BCUT2D eigenvalue weighted by Crippen LogP contribution is -2.25. The van der Waals surface area contributed by atoms with E-state index in [0.717, 1.165) is 0 Å². The lowest BCUT2D eigenvalue weighted by Gasteiger charge is -1.92. The van der Waals surface area contributed by atoms with E-state index in [-0.39, 0.29) is 0 Å². The van der Waals surface area contributed by atoms with Crippen LogP contribution < -0.4 is 17.1 Å². The van der Waals surface area contributed by atoms with Crippen LogP contribution in [0.1, 0.15) is 0 Å². The fraction of sp³-hybridized carbons (Fsp3) is 1.00. The second-order valence-electron chi connectivity index (χ2n) is 0.801. The third-order valence-corrected chi connectivity index (χ3v) is 0.330. The molecule has 0 saturated carbocycles. The van der Waals surface area contributed by atoms with Crippen LogP contribution in [0.3, 0.4) is 0 Å². The Kier molecular flexibility index (Phi) is 4.71. The van der Waals surface area contributed by atoms with Gasteiger partial charge in [0, 0.05) is 13.1 Å². The highest BCUT2D eigenvalue weighted by Crippen LogP contribution is 1.43. The Morgan fingerprint density at radius 3 is 2.50 bits per heavy atom. The molecule has 0 aliphatic heterocycles. The van der Waals surface area contributed by atoms with Gasteiger partial charge in [-0.2, -0.15) is 11.4 Å². The van der Waals surface area contributed by atoms with Gasteiger partial charge < -0.3 is 5.73 Å². The summed E-state index contributed by atoms with van der Waals surface area (Å²) in [7, 11) is 0. The highest BCUT2D eigenvalue weighted by Gasteiger charge is 1.71. The first-order valence-corrected chi connectivity index (χ1v) is 1.70. The maximum absolute atomic E-state index is 5.02. The molecule has 0 saturated heterocycles. The van der Waals surface area contributed by atoms with Crippen molar-refractivity contribution < 1.29 is 4.94 Å². The van der Waals surface area contributed by atoms with Gasteiger partial charge in [0.15, 0.2) is 0 Å². The number of hydrogen-bond acceptors (Lipinski definition) is 4. The summed E-state index contributed by atoms with van der Waals surface area (Å²) < 4.78 is 0. The van der Waals surface area contributed by atoms with E-state index in [1.807, 2.05) is 0 Å².